The lowest BCUT2D eigenvalue weighted by Crippen LogP contribution is -2.40. The minimum Gasteiger partial charge on any atom is -0.477 e. The first kappa shape index (κ1) is 24.0. The molecule has 0 saturated carbocycles. The molecule has 2 saturated heterocycles. The average Bonchev–Trinajstić information content (AvgIpc) is 2.83. The molecule has 0 aliphatic carbocycles. The minimum atomic E-state index is -1.15. The highest BCUT2D eigenvalue weighted by molar-refractivity contribution is 6.00. The van der Waals surface area contributed by atoms with Crippen LogP contribution in [0.4, 0.5) is 0 Å². The lowest BCUT2D eigenvalue weighted by Gasteiger charge is -2.33. The summed E-state index contributed by atoms with van der Waals surface area (Å²) < 4.78 is 0. The SMILES string of the molecule is O=C(O)/C(=C/CC[C@@H]1CCCN(C(=O)CCC2CCNCC2)C1)NC(=O)c1ccccc1. The van der Waals surface area contributed by atoms with Gasteiger partial charge in [-0.2, -0.15) is 0 Å². The number of likely N-dealkylation sites (tertiary alicyclic amines) is 1. The smallest absolute Gasteiger partial charge is 0.352 e. The van der Waals surface area contributed by atoms with Crippen LogP contribution in [0.3, 0.4) is 0 Å². The first-order chi connectivity index (χ1) is 15.5. The number of nitrogens with one attached hydrogen (secondary N) is 2. The minimum absolute atomic E-state index is 0.0930. The third-order valence-electron chi connectivity index (χ3n) is 6.53. The average molecular weight is 442 g/mol. The Hall–Kier alpha value is -2.67. The summed E-state index contributed by atoms with van der Waals surface area (Å²) in [6.45, 7) is 3.69. The van der Waals surface area contributed by atoms with Crippen molar-refractivity contribution >= 4 is 17.8 Å². The van der Waals surface area contributed by atoms with Gasteiger partial charge in [0.15, 0.2) is 0 Å². The van der Waals surface area contributed by atoms with Crippen molar-refractivity contribution < 1.29 is 19.5 Å². The Bertz CT molecular complexity index is 803. The van der Waals surface area contributed by atoms with Gasteiger partial charge < -0.3 is 20.6 Å². The van der Waals surface area contributed by atoms with E-state index < -0.39 is 11.9 Å². The molecule has 0 bridgehead atoms. The van der Waals surface area contributed by atoms with E-state index in [1.165, 1.54) is 0 Å². The molecule has 1 atom stereocenters. The van der Waals surface area contributed by atoms with Crippen LogP contribution in [0.2, 0.25) is 0 Å². The van der Waals surface area contributed by atoms with E-state index in [9.17, 15) is 19.5 Å². The zero-order valence-electron chi connectivity index (χ0n) is 18.7. The molecule has 2 amide bonds. The number of carbonyl (C=O) groups is 3. The van der Waals surface area contributed by atoms with Crippen LogP contribution in [0.5, 0.6) is 0 Å². The molecule has 0 unspecified atom stereocenters. The molecule has 2 heterocycles. The fourth-order valence-corrected chi connectivity index (χ4v) is 4.62. The Labute approximate surface area is 190 Å². The van der Waals surface area contributed by atoms with Gasteiger partial charge in [-0.15, -0.1) is 0 Å². The zero-order valence-corrected chi connectivity index (χ0v) is 18.7. The third-order valence-corrected chi connectivity index (χ3v) is 6.53. The van der Waals surface area contributed by atoms with Crippen molar-refractivity contribution in [1.29, 1.82) is 0 Å². The number of aliphatic carboxylic acids is 1. The van der Waals surface area contributed by atoms with Crippen LogP contribution in [0.15, 0.2) is 42.1 Å². The predicted octanol–water partition coefficient (Wildman–Crippen LogP) is 3.18. The van der Waals surface area contributed by atoms with E-state index in [0.717, 1.165) is 64.7 Å². The molecule has 3 rings (SSSR count). The normalized spacial score (nSPS) is 20.1. The van der Waals surface area contributed by atoms with Crippen LogP contribution in [0, 0.1) is 11.8 Å². The van der Waals surface area contributed by atoms with E-state index in [0.29, 0.717) is 30.2 Å². The molecule has 2 aliphatic rings. The molecule has 7 heteroatoms. The van der Waals surface area contributed by atoms with Gasteiger partial charge >= 0.3 is 5.97 Å². The molecule has 1 aromatic carbocycles. The van der Waals surface area contributed by atoms with E-state index in [1.807, 2.05) is 4.90 Å². The van der Waals surface area contributed by atoms with Gasteiger partial charge in [-0.3, -0.25) is 9.59 Å². The second-order valence-electron chi connectivity index (χ2n) is 8.90. The summed E-state index contributed by atoms with van der Waals surface area (Å²) in [4.78, 5) is 38.5. The Kier molecular flexibility index (Phi) is 9.28. The van der Waals surface area contributed by atoms with Gasteiger partial charge in [0.2, 0.25) is 5.91 Å². The molecule has 2 fully saturated rings. The summed E-state index contributed by atoms with van der Waals surface area (Å²) in [6, 6.07) is 8.57. The molecule has 174 valence electrons. The van der Waals surface area contributed by atoms with Crippen molar-refractivity contribution in [2.75, 3.05) is 26.2 Å². The fourth-order valence-electron chi connectivity index (χ4n) is 4.62. The second-order valence-corrected chi connectivity index (χ2v) is 8.90. The van der Waals surface area contributed by atoms with Gasteiger partial charge in [0.05, 0.1) is 0 Å². The van der Waals surface area contributed by atoms with Crippen LogP contribution in [0.1, 0.15) is 61.7 Å². The highest BCUT2D eigenvalue weighted by Crippen LogP contribution is 2.24. The largest absolute Gasteiger partial charge is 0.477 e. The maximum absolute atomic E-state index is 12.7. The second kappa shape index (κ2) is 12.4. The molecule has 1 aromatic rings. The third kappa shape index (κ3) is 7.48. The van der Waals surface area contributed by atoms with Crippen molar-refractivity contribution in [1.82, 2.24) is 15.5 Å². The first-order valence-corrected chi connectivity index (χ1v) is 11.8. The van der Waals surface area contributed by atoms with Crippen molar-refractivity contribution in [2.24, 2.45) is 11.8 Å². The number of hydrogen-bond acceptors (Lipinski definition) is 4. The number of carboxylic acids is 1. The number of allylic oxidation sites excluding steroid dienone is 1. The molecule has 7 nitrogen and oxygen atoms in total. The topological polar surface area (TPSA) is 98.7 Å². The van der Waals surface area contributed by atoms with Gasteiger partial charge in [-0.05, 0) is 82.0 Å². The zero-order chi connectivity index (χ0) is 22.8. The molecule has 0 aromatic heterocycles. The Morgan fingerprint density at radius 2 is 1.81 bits per heavy atom. The van der Waals surface area contributed by atoms with E-state index in [4.69, 9.17) is 0 Å². The number of piperidine rings is 2. The number of hydrogen-bond donors (Lipinski definition) is 3. The summed E-state index contributed by atoms with van der Waals surface area (Å²) in [5.74, 6) is -0.297. The summed E-state index contributed by atoms with van der Waals surface area (Å²) in [7, 11) is 0. The summed E-state index contributed by atoms with van der Waals surface area (Å²) >= 11 is 0. The Morgan fingerprint density at radius 3 is 2.53 bits per heavy atom. The number of benzene rings is 1. The first-order valence-electron chi connectivity index (χ1n) is 11.8. The van der Waals surface area contributed by atoms with Gasteiger partial charge in [-0.25, -0.2) is 4.79 Å². The molecule has 2 aliphatic heterocycles. The molecule has 32 heavy (non-hydrogen) atoms. The molecule has 0 spiro atoms. The van der Waals surface area contributed by atoms with Crippen LogP contribution in [-0.2, 0) is 9.59 Å². The number of nitrogens with zero attached hydrogens (tertiary/aromatic N) is 1. The summed E-state index contributed by atoms with van der Waals surface area (Å²) in [6.07, 6.45) is 8.91. The predicted molar refractivity (Wildman–Crippen MR) is 123 cm³/mol. The quantitative estimate of drug-likeness (QED) is 0.511. The van der Waals surface area contributed by atoms with Gasteiger partial charge in [0, 0.05) is 25.1 Å². The van der Waals surface area contributed by atoms with Crippen LogP contribution < -0.4 is 10.6 Å². The van der Waals surface area contributed by atoms with E-state index >= 15 is 0 Å². The van der Waals surface area contributed by atoms with Crippen molar-refractivity contribution in [3.63, 3.8) is 0 Å². The van der Waals surface area contributed by atoms with Crippen molar-refractivity contribution in [2.45, 2.75) is 51.4 Å². The maximum atomic E-state index is 12.7. The van der Waals surface area contributed by atoms with Crippen LogP contribution in [-0.4, -0.2) is 54.0 Å². The Balaban J connectivity index is 1.44. The highest BCUT2D eigenvalue weighted by atomic mass is 16.4. The van der Waals surface area contributed by atoms with Crippen molar-refractivity contribution in [3.05, 3.63) is 47.7 Å². The number of rotatable bonds is 9. The standard InChI is InChI=1S/C25H35N3O4/c29-23(12-11-19-13-15-26-16-14-19)28-17-5-7-20(18-28)6-4-10-22(25(31)32)27-24(30)21-8-2-1-3-9-21/h1-3,8-10,19-20,26H,4-7,11-18H2,(H,27,30)(H,31,32)/b22-10-/t20-/m1/s1. The number of amides is 2. The molecule has 0 radical (unpaired) electrons. The van der Waals surface area contributed by atoms with Crippen LogP contribution >= 0.6 is 0 Å². The monoisotopic (exact) mass is 441 g/mol. The fraction of sp³-hybridized carbons (Fsp3) is 0.560. The number of carbonyl (C=O) groups excluding carboxylic acids is 2. The maximum Gasteiger partial charge on any atom is 0.352 e. The highest BCUT2D eigenvalue weighted by Gasteiger charge is 2.24. The molecule has 3 N–H and O–H groups in total. The number of carboxylic acid groups (broad SMARTS) is 1. The summed E-state index contributed by atoms with van der Waals surface area (Å²) in [5.41, 5.74) is 0.329. The van der Waals surface area contributed by atoms with Gasteiger partial charge in [-0.1, -0.05) is 24.3 Å². The lowest BCUT2D eigenvalue weighted by molar-refractivity contribution is -0.134. The molecular weight excluding hydrogens is 406 g/mol. The van der Waals surface area contributed by atoms with Gasteiger partial charge in [0.1, 0.15) is 5.70 Å². The Morgan fingerprint density at radius 1 is 1.06 bits per heavy atom. The van der Waals surface area contributed by atoms with Crippen LogP contribution in [0.25, 0.3) is 0 Å². The summed E-state index contributed by atoms with van der Waals surface area (Å²) in [5, 5.41) is 15.3. The lowest BCUT2D eigenvalue weighted by atomic mass is 9.91. The van der Waals surface area contributed by atoms with Crippen molar-refractivity contribution in [3.8, 4) is 0 Å². The van der Waals surface area contributed by atoms with E-state index in [1.54, 1.807) is 36.4 Å². The molecular formula is C25H35N3O4. The van der Waals surface area contributed by atoms with Gasteiger partial charge in [0.25, 0.3) is 5.91 Å². The van der Waals surface area contributed by atoms with E-state index in [2.05, 4.69) is 10.6 Å². The van der Waals surface area contributed by atoms with E-state index in [-0.39, 0.29) is 11.6 Å².